The first-order valence-electron chi connectivity index (χ1n) is 28.3. The first kappa shape index (κ1) is 66.3. The van der Waals surface area contributed by atoms with Crippen molar-refractivity contribution >= 4 is 5.91 Å². The first-order chi connectivity index (χ1) is 35.6. The number of carbonyl (C=O) groups is 1. The number of unbranched alkanes of at least 4 members (excludes halogenated alkanes) is 18. The lowest BCUT2D eigenvalue weighted by Crippen LogP contribution is -2.65. The number of aliphatic hydroxyl groups excluding tert-OH is 8. The number of aliphatic hydroxyl groups is 8. The van der Waals surface area contributed by atoms with Crippen molar-refractivity contribution in [3.63, 3.8) is 0 Å². The SMILES string of the molecule is CC/C=C\C/C=C\C/C=C\C/C=C\CCCCCCC(=O)NC(COC1OC(CO)C(OC2OC(CO)C(O)C(O)C2O)C(O)C1O)C(O)/C=C/CC/C=C/CC/C=C/CCCCCCCCCCCCCC. The van der Waals surface area contributed by atoms with E-state index in [1.54, 1.807) is 6.08 Å². The number of hydrogen-bond acceptors (Lipinski definition) is 13. The van der Waals surface area contributed by atoms with Crippen LogP contribution in [0.3, 0.4) is 0 Å². The summed E-state index contributed by atoms with van der Waals surface area (Å²) in [6.07, 6.45) is 41.9. The minimum absolute atomic E-state index is 0.237. The molecule has 0 bridgehead atoms. The van der Waals surface area contributed by atoms with Crippen LogP contribution in [0.5, 0.6) is 0 Å². The van der Waals surface area contributed by atoms with E-state index in [-0.39, 0.29) is 18.9 Å². The largest absolute Gasteiger partial charge is 0.394 e. The van der Waals surface area contributed by atoms with Crippen LogP contribution < -0.4 is 5.32 Å². The van der Waals surface area contributed by atoms with Gasteiger partial charge < -0.3 is 65.1 Å². The highest BCUT2D eigenvalue weighted by Crippen LogP contribution is 2.30. The van der Waals surface area contributed by atoms with Crippen LogP contribution in [0.25, 0.3) is 0 Å². The van der Waals surface area contributed by atoms with Crippen LogP contribution in [0.2, 0.25) is 0 Å². The van der Waals surface area contributed by atoms with E-state index in [9.17, 15) is 45.6 Å². The Hall–Kier alpha value is -2.83. The number of amides is 1. The second kappa shape index (κ2) is 44.3. The van der Waals surface area contributed by atoms with Crippen molar-refractivity contribution in [2.24, 2.45) is 0 Å². The number of carbonyl (C=O) groups excluding carboxylic acids is 1. The lowest BCUT2D eigenvalue weighted by molar-refractivity contribution is -0.359. The highest BCUT2D eigenvalue weighted by atomic mass is 16.7. The van der Waals surface area contributed by atoms with Crippen molar-refractivity contribution in [3.05, 3.63) is 85.1 Å². The minimum atomic E-state index is -1.80. The van der Waals surface area contributed by atoms with Crippen molar-refractivity contribution in [3.8, 4) is 0 Å². The summed E-state index contributed by atoms with van der Waals surface area (Å²) in [6.45, 7) is 2.63. The molecule has 2 fully saturated rings. The van der Waals surface area contributed by atoms with Gasteiger partial charge in [0.2, 0.25) is 5.91 Å². The van der Waals surface area contributed by atoms with Crippen molar-refractivity contribution in [2.45, 2.75) is 261 Å². The van der Waals surface area contributed by atoms with Crippen LogP contribution in [0.1, 0.15) is 187 Å². The predicted molar refractivity (Wildman–Crippen MR) is 290 cm³/mol. The molecule has 14 nitrogen and oxygen atoms in total. The number of ether oxygens (including phenoxy) is 4. The maximum absolute atomic E-state index is 13.2. The molecule has 420 valence electrons. The molecule has 0 aliphatic carbocycles. The number of hydrogen-bond donors (Lipinski definition) is 9. The molecular weight excluding hydrogens is 931 g/mol. The van der Waals surface area contributed by atoms with E-state index in [1.807, 2.05) is 6.08 Å². The van der Waals surface area contributed by atoms with Crippen LogP contribution in [0, 0.1) is 0 Å². The average molecular weight is 1030 g/mol. The Morgan fingerprint density at radius 2 is 0.959 bits per heavy atom. The van der Waals surface area contributed by atoms with Gasteiger partial charge in [0.15, 0.2) is 12.6 Å². The monoisotopic (exact) mass is 1030 g/mol. The third-order valence-corrected chi connectivity index (χ3v) is 13.3. The molecule has 2 heterocycles. The smallest absolute Gasteiger partial charge is 0.220 e. The van der Waals surface area contributed by atoms with Crippen molar-refractivity contribution in [2.75, 3.05) is 19.8 Å². The lowest BCUT2D eigenvalue weighted by atomic mass is 9.97. The van der Waals surface area contributed by atoms with Gasteiger partial charge in [0.05, 0.1) is 32.0 Å². The van der Waals surface area contributed by atoms with E-state index in [1.165, 1.54) is 77.0 Å². The van der Waals surface area contributed by atoms with Gasteiger partial charge in [-0.25, -0.2) is 0 Å². The third kappa shape index (κ3) is 30.5. The number of allylic oxidation sites excluding steroid dienone is 13. The van der Waals surface area contributed by atoms with E-state index in [0.717, 1.165) is 77.0 Å². The molecule has 9 N–H and O–H groups in total. The summed E-state index contributed by atoms with van der Waals surface area (Å²) >= 11 is 0. The van der Waals surface area contributed by atoms with Crippen molar-refractivity contribution < 1.29 is 64.6 Å². The molecule has 0 aromatic heterocycles. The second-order valence-electron chi connectivity index (χ2n) is 19.7. The Labute approximate surface area is 440 Å². The van der Waals surface area contributed by atoms with Gasteiger partial charge >= 0.3 is 0 Å². The fraction of sp³-hybridized carbons (Fsp3) is 0.746. The Bertz CT molecular complexity index is 1550. The molecule has 0 spiro atoms. The number of rotatable bonds is 43. The summed E-state index contributed by atoms with van der Waals surface area (Å²) < 4.78 is 22.7. The summed E-state index contributed by atoms with van der Waals surface area (Å²) in [4.78, 5) is 13.2. The highest BCUT2D eigenvalue weighted by molar-refractivity contribution is 5.76. The van der Waals surface area contributed by atoms with Crippen LogP contribution >= 0.6 is 0 Å². The van der Waals surface area contributed by atoms with E-state index in [0.29, 0.717) is 12.8 Å². The van der Waals surface area contributed by atoms with Gasteiger partial charge in [-0.1, -0.05) is 182 Å². The Morgan fingerprint density at radius 3 is 1.51 bits per heavy atom. The van der Waals surface area contributed by atoms with E-state index in [4.69, 9.17) is 18.9 Å². The van der Waals surface area contributed by atoms with Crippen LogP contribution in [0.4, 0.5) is 0 Å². The normalized spacial score (nSPS) is 26.1. The summed E-state index contributed by atoms with van der Waals surface area (Å²) in [6, 6.07) is -0.956. The molecule has 2 aliphatic heterocycles. The number of nitrogens with one attached hydrogen (secondary N) is 1. The molecule has 73 heavy (non-hydrogen) atoms. The van der Waals surface area contributed by atoms with Crippen LogP contribution in [0.15, 0.2) is 85.1 Å². The molecule has 2 aliphatic rings. The molecule has 2 rings (SSSR count). The Kier molecular flexibility index (Phi) is 40.2. The molecule has 0 radical (unpaired) electrons. The highest BCUT2D eigenvalue weighted by Gasteiger charge is 2.51. The zero-order chi connectivity index (χ0) is 53.2. The van der Waals surface area contributed by atoms with Gasteiger partial charge in [-0.05, 0) is 83.5 Å². The molecule has 0 aromatic rings. The summed E-state index contributed by atoms with van der Waals surface area (Å²) in [5, 5.41) is 86.9. The first-order valence-corrected chi connectivity index (χ1v) is 28.3. The van der Waals surface area contributed by atoms with Crippen molar-refractivity contribution in [1.29, 1.82) is 0 Å². The van der Waals surface area contributed by atoms with Gasteiger partial charge in [0.25, 0.3) is 0 Å². The van der Waals surface area contributed by atoms with Crippen LogP contribution in [-0.4, -0.2) is 140 Å². The van der Waals surface area contributed by atoms with E-state index in [2.05, 4.69) is 92.1 Å². The van der Waals surface area contributed by atoms with E-state index >= 15 is 0 Å². The standard InChI is InChI=1S/C59H101NO13/c1-3-5-7-9-11-13-15-17-19-21-22-23-24-25-27-28-30-32-34-36-38-40-42-48(63)47(60-51(64)43-41-39-37-35-33-31-29-26-20-18-16-14-12-10-8-6-4-2)46-70-58-56(69)54(67)57(50(45-62)72-58)73-59-55(68)53(66)52(65)49(44-61)71-59/h6,8,12,14,18,20,25,27,29,31-32,34,40,42,47-50,52-59,61-63,65-69H,3-5,7,9-11,13,15-17,19,21-24,26,28,30,33,35-39,41,43-46H2,1-2H3,(H,60,64)/b8-6-,14-12-,20-18-,27-25+,31-29-,34-32+,42-40+. The van der Waals surface area contributed by atoms with Crippen LogP contribution in [-0.2, 0) is 23.7 Å². The van der Waals surface area contributed by atoms with Gasteiger partial charge in [-0.2, -0.15) is 0 Å². The molecule has 12 unspecified atom stereocenters. The molecule has 12 atom stereocenters. The molecule has 14 heteroatoms. The van der Waals surface area contributed by atoms with Gasteiger partial charge in [-0.3, -0.25) is 4.79 Å². The van der Waals surface area contributed by atoms with Gasteiger partial charge in [0, 0.05) is 6.42 Å². The summed E-state index contributed by atoms with van der Waals surface area (Å²) in [7, 11) is 0. The Balaban J connectivity index is 1.84. The van der Waals surface area contributed by atoms with Gasteiger partial charge in [0.1, 0.15) is 48.8 Å². The predicted octanol–water partition coefficient (Wildman–Crippen LogP) is 8.94. The second-order valence-corrected chi connectivity index (χ2v) is 19.7. The maximum Gasteiger partial charge on any atom is 0.220 e. The zero-order valence-corrected chi connectivity index (χ0v) is 44.8. The third-order valence-electron chi connectivity index (χ3n) is 13.3. The fourth-order valence-corrected chi connectivity index (χ4v) is 8.72. The summed E-state index contributed by atoms with van der Waals surface area (Å²) in [5.41, 5.74) is 0. The average Bonchev–Trinajstić information content (AvgIpc) is 3.39. The maximum atomic E-state index is 13.2. The van der Waals surface area contributed by atoms with Gasteiger partial charge in [-0.15, -0.1) is 0 Å². The summed E-state index contributed by atoms with van der Waals surface area (Å²) in [5.74, 6) is -0.280. The Morgan fingerprint density at radius 1 is 0.507 bits per heavy atom. The molecule has 1 amide bonds. The molecule has 2 saturated heterocycles. The molecule has 0 saturated carbocycles. The van der Waals surface area contributed by atoms with Crippen molar-refractivity contribution in [1.82, 2.24) is 5.32 Å². The zero-order valence-electron chi connectivity index (χ0n) is 44.8. The fourth-order valence-electron chi connectivity index (χ4n) is 8.72. The molecule has 0 aromatic carbocycles. The molecular formula is C59H101NO13. The quantitative estimate of drug-likeness (QED) is 0.0206. The lowest BCUT2D eigenvalue weighted by Gasteiger charge is -2.46. The van der Waals surface area contributed by atoms with E-state index < -0.39 is 86.8 Å². The topological polar surface area (TPSA) is 228 Å². The minimum Gasteiger partial charge on any atom is -0.394 e.